The van der Waals surface area contributed by atoms with Gasteiger partial charge in [0.15, 0.2) is 5.58 Å². The average Bonchev–Trinajstić information content (AvgIpc) is 3.92. The third-order valence-corrected chi connectivity index (χ3v) is 17.6. The van der Waals surface area contributed by atoms with E-state index in [1.165, 1.54) is 120 Å². The minimum Gasteiger partial charge on any atom is -0.454 e. The fourth-order valence-electron chi connectivity index (χ4n) is 13.6. The van der Waals surface area contributed by atoms with Crippen LogP contribution in [0.3, 0.4) is 0 Å². The molecule has 2 atom stereocenters. The molecule has 13 rings (SSSR count). The third-order valence-electron chi connectivity index (χ3n) is 17.6. The minimum absolute atomic E-state index is 0.00811. The first kappa shape index (κ1) is 43.6. The molecule has 0 N–H and O–H groups in total. The Morgan fingerprint density at radius 2 is 1.21 bits per heavy atom. The van der Waals surface area contributed by atoms with E-state index in [1.807, 2.05) is 0 Å². The van der Waals surface area contributed by atoms with Gasteiger partial charge in [-0.1, -0.05) is 155 Å². The number of benzene rings is 7. The topological polar surface area (TPSA) is 24.6 Å². The zero-order valence-electron chi connectivity index (χ0n) is 43.4. The van der Waals surface area contributed by atoms with Crippen LogP contribution in [0.15, 0.2) is 138 Å². The van der Waals surface area contributed by atoms with E-state index in [-0.39, 0.29) is 33.9 Å². The Morgan fingerprint density at radius 3 is 1.96 bits per heavy atom. The predicted molar refractivity (Wildman–Crippen MR) is 299 cm³/mol. The number of aromatic nitrogens is 1. The van der Waals surface area contributed by atoms with Gasteiger partial charge in [-0.25, -0.2) is 0 Å². The Morgan fingerprint density at radius 1 is 0.543 bits per heavy atom. The zero-order chi connectivity index (χ0) is 48.6. The number of nitrogens with zero attached hydrogens (tertiary/aromatic N) is 3. The molecule has 7 aromatic carbocycles. The maximum atomic E-state index is 6.97. The minimum atomic E-state index is -0.0984. The molecule has 5 heterocycles. The molecule has 350 valence electrons. The second kappa shape index (κ2) is 14.3. The summed E-state index contributed by atoms with van der Waals surface area (Å²) in [5.74, 6) is 0. The van der Waals surface area contributed by atoms with Crippen molar-refractivity contribution in [2.24, 2.45) is 0 Å². The molecule has 2 unspecified atom stereocenters. The summed E-state index contributed by atoms with van der Waals surface area (Å²) >= 11 is 0. The normalized spacial score (nSPS) is 19.5. The summed E-state index contributed by atoms with van der Waals surface area (Å²) in [5, 5.41) is 2.34. The first-order chi connectivity index (χ1) is 33.3. The lowest BCUT2D eigenvalue weighted by Gasteiger charge is -2.50. The smallest absolute Gasteiger partial charge is 0.252 e. The lowest BCUT2D eigenvalue weighted by atomic mass is 9.33. The van der Waals surface area contributed by atoms with Gasteiger partial charge in [0.2, 0.25) is 0 Å². The molecule has 1 aliphatic carbocycles. The van der Waals surface area contributed by atoms with Gasteiger partial charge in [-0.15, -0.1) is 0 Å². The summed E-state index contributed by atoms with van der Waals surface area (Å²) < 4.78 is 9.55. The van der Waals surface area contributed by atoms with Gasteiger partial charge in [-0.3, -0.25) is 0 Å². The molecule has 5 heteroatoms. The summed E-state index contributed by atoms with van der Waals surface area (Å²) in [4.78, 5) is 5.45. The number of aryl methyl sites for hydroxylation is 1. The number of rotatable bonds is 3. The lowest BCUT2D eigenvalue weighted by molar-refractivity contribution is 0.195. The van der Waals surface area contributed by atoms with Gasteiger partial charge in [0, 0.05) is 50.2 Å². The van der Waals surface area contributed by atoms with Crippen molar-refractivity contribution in [3.8, 4) is 16.8 Å². The summed E-state index contributed by atoms with van der Waals surface area (Å²) in [6.07, 6.45) is 4.83. The number of furan rings is 1. The van der Waals surface area contributed by atoms with E-state index in [4.69, 9.17) is 4.42 Å². The second-order valence-electron chi connectivity index (χ2n) is 25.0. The van der Waals surface area contributed by atoms with E-state index in [0.717, 1.165) is 28.5 Å². The molecule has 70 heavy (non-hydrogen) atoms. The number of hydrogen-bond donors (Lipinski definition) is 0. The molecule has 1 fully saturated rings. The molecule has 0 radical (unpaired) electrons. The van der Waals surface area contributed by atoms with Crippen molar-refractivity contribution < 1.29 is 4.42 Å². The van der Waals surface area contributed by atoms with E-state index in [2.05, 4.69) is 231 Å². The largest absolute Gasteiger partial charge is 0.454 e. The van der Waals surface area contributed by atoms with Gasteiger partial charge in [0.05, 0.1) is 16.7 Å². The van der Waals surface area contributed by atoms with E-state index < -0.39 is 0 Å². The van der Waals surface area contributed by atoms with Crippen LogP contribution in [0, 0.1) is 6.92 Å². The Bertz CT molecular complexity index is 3680. The SMILES string of the molecule is Cc1cc2c3c(c1)-n1c4c(cc(C(C)(C)C)cc4c4oc5ccccc5c41)B3c1ccc(N3c4ccc(C(C)(C)C)cc4C4(C)CCCCC34C)cc1N2c1ccc(C(C)(C)C)cc1-c1ccccc1. The Hall–Kier alpha value is -6.46. The first-order valence-corrected chi connectivity index (χ1v) is 26.0. The molecule has 4 aliphatic rings. The van der Waals surface area contributed by atoms with E-state index in [1.54, 1.807) is 0 Å². The highest BCUT2D eigenvalue weighted by Gasteiger charge is 2.58. The standard InChI is InChI=1S/C65H66BN3O/c1-39-32-54-57-55(33-39)68-58-47(60-59(68)45-22-16-17-23-56(45)70-60)35-43(63(8,9)10)37-50(58)66(57)49-27-26-44(69-52-29-25-42(62(5,6)7)36-48(52)64(11)30-18-19-31-65(64,69)12)38-53(49)67(54)51-28-24-41(61(2,3)4)34-46(51)40-20-14-13-15-21-40/h13-17,20-29,32-38H,18-19,30-31H2,1-12H3. The second-order valence-corrected chi connectivity index (χ2v) is 25.0. The van der Waals surface area contributed by atoms with Crippen LogP contribution in [0.5, 0.6) is 0 Å². The Balaban J connectivity index is 1.15. The van der Waals surface area contributed by atoms with Gasteiger partial charge >= 0.3 is 0 Å². The summed E-state index contributed by atoms with van der Waals surface area (Å²) in [7, 11) is 0. The molecule has 1 saturated carbocycles. The Labute approximate surface area is 415 Å². The summed E-state index contributed by atoms with van der Waals surface area (Å²) in [5.41, 5.74) is 25.0. The predicted octanol–water partition coefficient (Wildman–Crippen LogP) is 15.8. The fraction of sp³-hybridized carbons (Fsp3) is 0.323. The maximum absolute atomic E-state index is 6.97. The number of hydrogen-bond acceptors (Lipinski definition) is 3. The average molecular weight is 916 g/mol. The first-order valence-electron chi connectivity index (χ1n) is 26.0. The van der Waals surface area contributed by atoms with Crippen LogP contribution in [-0.2, 0) is 21.7 Å². The van der Waals surface area contributed by atoms with Gasteiger partial charge < -0.3 is 18.8 Å². The highest BCUT2D eigenvalue weighted by molar-refractivity contribution is 7.00. The molecule has 2 aromatic heterocycles. The number of fused-ring (bicyclic) bond motifs is 12. The van der Waals surface area contributed by atoms with Crippen molar-refractivity contribution in [2.75, 3.05) is 9.80 Å². The van der Waals surface area contributed by atoms with Crippen LogP contribution >= 0.6 is 0 Å². The molecule has 0 spiro atoms. The third kappa shape index (κ3) is 5.90. The number of anilines is 5. The van der Waals surface area contributed by atoms with Crippen molar-refractivity contribution >= 4 is 84.5 Å². The molecular weight excluding hydrogens is 850 g/mol. The van der Waals surface area contributed by atoms with Crippen LogP contribution in [0.1, 0.15) is 130 Å². The number of para-hydroxylation sites is 1. The van der Waals surface area contributed by atoms with Gasteiger partial charge in [0.1, 0.15) is 11.1 Å². The van der Waals surface area contributed by atoms with Crippen molar-refractivity contribution in [3.63, 3.8) is 0 Å². The van der Waals surface area contributed by atoms with Crippen molar-refractivity contribution in [2.45, 2.75) is 136 Å². The van der Waals surface area contributed by atoms with Gasteiger partial charge in [-0.05, 0) is 153 Å². The highest BCUT2D eigenvalue weighted by Crippen LogP contribution is 2.62. The highest BCUT2D eigenvalue weighted by atomic mass is 16.3. The van der Waals surface area contributed by atoms with E-state index >= 15 is 0 Å². The quantitative estimate of drug-likeness (QED) is 0.165. The van der Waals surface area contributed by atoms with Crippen LogP contribution in [0.4, 0.5) is 28.4 Å². The van der Waals surface area contributed by atoms with E-state index in [9.17, 15) is 0 Å². The molecule has 9 aromatic rings. The summed E-state index contributed by atoms with van der Waals surface area (Å²) in [6, 6.07) is 52.0. The van der Waals surface area contributed by atoms with Crippen molar-refractivity contribution in [1.82, 2.24) is 4.57 Å². The van der Waals surface area contributed by atoms with Crippen molar-refractivity contribution in [3.05, 3.63) is 161 Å². The molecule has 0 amide bonds. The van der Waals surface area contributed by atoms with Crippen LogP contribution < -0.4 is 26.2 Å². The van der Waals surface area contributed by atoms with Crippen LogP contribution in [0.25, 0.3) is 49.8 Å². The molecule has 3 aliphatic heterocycles. The Kier molecular flexibility index (Phi) is 8.92. The van der Waals surface area contributed by atoms with Crippen molar-refractivity contribution in [1.29, 1.82) is 0 Å². The maximum Gasteiger partial charge on any atom is 0.252 e. The van der Waals surface area contributed by atoms with Gasteiger partial charge in [0.25, 0.3) is 6.71 Å². The molecular formula is C65H66BN3O. The monoisotopic (exact) mass is 916 g/mol. The fourth-order valence-corrected chi connectivity index (χ4v) is 13.6. The molecule has 4 nitrogen and oxygen atoms in total. The molecule has 0 bridgehead atoms. The van der Waals surface area contributed by atoms with Gasteiger partial charge in [-0.2, -0.15) is 0 Å². The lowest BCUT2D eigenvalue weighted by Crippen LogP contribution is -2.60. The zero-order valence-corrected chi connectivity index (χ0v) is 43.4. The summed E-state index contributed by atoms with van der Waals surface area (Å²) in [6.45, 7) is 28.6. The molecule has 0 saturated heterocycles. The van der Waals surface area contributed by atoms with E-state index in [0.29, 0.717) is 0 Å². The van der Waals surface area contributed by atoms with Crippen LogP contribution in [-0.4, -0.2) is 16.8 Å². The van der Waals surface area contributed by atoms with Crippen LogP contribution in [0.2, 0.25) is 0 Å².